The maximum atomic E-state index is 11.5. The molecule has 1 saturated carbocycles. The van der Waals surface area contributed by atoms with Gasteiger partial charge < -0.3 is 10.6 Å². The number of aromatic nitrogens is 2. The number of carbonyl (C=O) groups is 1. The Bertz CT molecular complexity index is 580. The molecule has 1 aromatic carbocycles. The highest BCUT2D eigenvalue weighted by Crippen LogP contribution is 2.18. The predicted molar refractivity (Wildman–Crippen MR) is 69.2 cm³/mol. The molecule has 2 N–H and O–H groups in total. The summed E-state index contributed by atoms with van der Waals surface area (Å²) in [5.41, 5.74) is 0.873. The third-order valence-corrected chi connectivity index (χ3v) is 2.84. The molecular formula is C13H14N4O. The third-order valence-electron chi connectivity index (χ3n) is 2.84. The number of nitrogens with zero attached hydrogens (tertiary/aromatic N) is 2. The average Bonchev–Trinajstić information content (AvgIpc) is 3.20. The monoisotopic (exact) mass is 242 g/mol. The summed E-state index contributed by atoms with van der Waals surface area (Å²) in [6, 6.07) is 8.14. The van der Waals surface area contributed by atoms with Gasteiger partial charge in [0.1, 0.15) is 0 Å². The summed E-state index contributed by atoms with van der Waals surface area (Å²) >= 11 is 0. The van der Waals surface area contributed by atoms with Gasteiger partial charge in [-0.2, -0.15) is 0 Å². The molecule has 1 heterocycles. The van der Waals surface area contributed by atoms with Crippen LogP contribution in [0.5, 0.6) is 0 Å². The van der Waals surface area contributed by atoms with Crippen LogP contribution in [-0.2, 0) is 4.79 Å². The van der Waals surface area contributed by atoms with Crippen molar-refractivity contribution in [3.05, 3.63) is 30.5 Å². The molecule has 92 valence electrons. The SMILES string of the molecule is O=C(CNc1ncc2ccccc2n1)NC1CC1. The van der Waals surface area contributed by atoms with Crippen molar-refractivity contribution in [3.63, 3.8) is 0 Å². The maximum absolute atomic E-state index is 11.5. The molecule has 0 bridgehead atoms. The smallest absolute Gasteiger partial charge is 0.239 e. The van der Waals surface area contributed by atoms with Gasteiger partial charge in [-0.15, -0.1) is 0 Å². The van der Waals surface area contributed by atoms with Gasteiger partial charge in [-0.1, -0.05) is 18.2 Å². The second-order valence-corrected chi connectivity index (χ2v) is 4.45. The summed E-state index contributed by atoms with van der Waals surface area (Å²) in [6.07, 6.45) is 3.94. The van der Waals surface area contributed by atoms with Crippen LogP contribution in [-0.4, -0.2) is 28.5 Å². The fourth-order valence-electron chi connectivity index (χ4n) is 1.72. The first-order valence-electron chi connectivity index (χ1n) is 6.06. The molecule has 1 fully saturated rings. The van der Waals surface area contributed by atoms with E-state index in [0.29, 0.717) is 12.0 Å². The Kier molecular flexibility index (Phi) is 2.80. The van der Waals surface area contributed by atoms with E-state index < -0.39 is 0 Å². The zero-order chi connectivity index (χ0) is 12.4. The van der Waals surface area contributed by atoms with Gasteiger partial charge in [0.25, 0.3) is 0 Å². The van der Waals surface area contributed by atoms with Crippen LogP contribution in [0.3, 0.4) is 0 Å². The first-order valence-corrected chi connectivity index (χ1v) is 6.06. The van der Waals surface area contributed by atoms with Gasteiger partial charge >= 0.3 is 0 Å². The summed E-state index contributed by atoms with van der Waals surface area (Å²) in [7, 11) is 0. The molecule has 1 amide bonds. The van der Waals surface area contributed by atoms with Crippen LogP contribution in [0.25, 0.3) is 10.9 Å². The normalized spacial score (nSPS) is 14.4. The lowest BCUT2D eigenvalue weighted by atomic mass is 10.2. The van der Waals surface area contributed by atoms with E-state index >= 15 is 0 Å². The summed E-state index contributed by atoms with van der Waals surface area (Å²) in [5, 5.41) is 6.83. The number of amides is 1. The minimum atomic E-state index is -0.00532. The second kappa shape index (κ2) is 4.60. The van der Waals surface area contributed by atoms with E-state index in [1.54, 1.807) is 6.20 Å². The molecule has 0 atom stereocenters. The standard InChI is InChI=1S/C13H14N4O/c18-12(16-10-5-6-10)8-15-13-14-7-9-3-1-2-4-11(9)17-13/h1-4,7,10H,5-6,8H2,(H,16,18)(H,14,15,17). The van der Waals surface area contributed by atoms with Gasteiger partial charge in [0.15, 0.2) is 0 Å². The molecule has 0 unspecified atom stereocenters. The van der Waals surface area contributed by atoms with E-state index in [9.17, 15) is 4.79 Å². The molecular weight excluding hydrogens is 228 g/mol. The van der Waals surface area contributed by atoms with E-state index in [0.717, 1.165) is 23.7 Å². The number of fused-ring (bicyclic) bond motifs is 1. The maximum Gasteiger partial charge on any atom is 0.239 e. The molecule has 1 aliphatic carbocycles. The molecule has 0 radical (unpaired) electrons. The Morgan fingerprint density at radius 2 is 2.17 bits per heavy atom. The van der Waals surface area contributed by atoms with Crippen LogP contribution in [0.4, 0.5) is 5.95 Å². The molecule has 1 aliphatic rings. The summed E-state index contributed by atoms with van der Waals surface area (Å²) in [5.74, 6) is 0.480. The number of rotatable bonds is 4. The highest BCUT2D eigenvalue weighted by molar-refractivity contribution is 5.82. The number of para-hydroxylation sites is 1. The lowest BCUT2D eigenvalue weighted by Gasteiger charge is -2.06. The van der Waals surface area contributed by atoms with E-state index in [2.05, 4.69) is 20.6 Å². The van der Waals surface area contributed by atoms with Crippen molar-refractivity contribution < 1.29 is 4.79 Å². The van der Waals surface area contributed by atoms with Gasteiger partial charge in [-0.3, -0.25) is 4.79 Å². The number of hydrogen-bond acceptors (Lipinski definition) is 4. The molecule has 0 saturated heterocycles. The minimum Gasteiger partial charge on any atom is -0.352 e. The number of anilines is 1. The zero-order valence-electron chi connectivity index (χ0n) is 9.89. The van der Waals surface area contributed by atoms with Crippen molar-refractivity contribution in [2.45, 2.75) is 18.9 Å². The highest BCUT2D eigenvalue weighted by Gasteiger charge is 2.22. The van der Waals surface area contributed by atoms with Crippen molar-refractivity contribution in [2.24, 2.45) is 0 Å². The minimum absolute atomic E-state index is 0.00532. The fraction of sp³-hybridized carbons (Fsp3) is 0.308. The largest absolute Gasteiger partial charge is 0.352 e. The molecule has 1 aromatic heterocycles. The molecule has 2 aromatic rings. The van der Waals surface area contributed by atoms with Gasteiger partial charge in [0, 0.05) is 17.6 Å². The Balaban J connectivity index is 1.64. The summed E-state index contributed by atoms with van der Waals surface area (Å²) in [4.78, 5) is 20.0. The number of carbonyl (C=O) groups excluding carboxylic acids is 1. The molecule has 0 aliphatic heterocycles. The quantitative estimate of drug-likeness (QED) is 0.848. The van der Waals surface area contributed by atoms with Crippen molar-refractivity contribution in [3.8, 4) is 0 Å². The lowest BCUT2D eigenvalue weighted by molar-refractivity contribution is -0.119. The van der Waals surface area contributed by atoms with Gasteiger partial charge in [0.05, 0.1) is 12.1 Å². The average molecular weight is 242 g/mol. The summed E-state index contributed by atoms with van der Waals surface area (Å²) in [6.45, 7) is 0.217. The van der Waals surface area contributed by atoms with E-state index in [4.69, 9.17) is 0 Å². The molecule has 5 nitrogen and oxygen atoms in total. The Hall–Kier alpha value is -2.17. The van der Waals surface area contributed by atoms with E-state index in [1.165, 1.54) is 0 Å². The molecule has 18 heavy (non-hydrogen) atoms. The fourth-order valence-corrected chi connectivity index (χ4v) is 1.72. The highest BCUT2D eigenvalue weighted by atomic mass is 16.2. The van der Waals surface area contributed by atoms with Crippen molar-refractivity contribution >= 4 is 22.8 Å². The van der Waals surface area contributed by atoms with Crippen LogP contribution < -0.4 is 10.6 Å². The Morgan fingerprint density at radius 3 is 3.00 bits per heavy atom. The van der Waals surface area contributed by atoms with Gasteiger partial charge in [-0.05, 0) is 18.9 Å². The zero-order valence-corrected chi connectivity index (χ0v) is 9.89. The van der Waals surface area contributed by atoms with Crippen LogP contribution in [0.1, 0.15) is 12.8 Å². The van der Waals surface area contributed by atoms with Gasteiger partial charge in [0.2, 0.25) is 11.9 Å². The number of nitrogens with one attached hydrogen (secondary N) is 2. The van der Waals surface area contributed by atoms with Crippen molar-refractivity contribution in [1.29, 1.82) is 0 Å². The molecule has 0 spiro atoms. The van der Waals surface area contributed by atoms with E-state index in [1.807, 2.05) is 24.3 Å². The first kappa shape index (κ1) is 11.0. The predicted octanol–water partition coefficient (Wildman–Crippen LogP) is 1.32. The molecule has 3 rings (SSSR count). The van der Waals surface area contributed by atoms with Crippen LogP contribution in [0.15, 0.2) is 30.5 Å². The first-order chi connectivity index (χ1) is 8.81. The Morgan fingerprint density at radius 1 is 1.33 bits per heavy atom. The third kappa shape index (κ3) is 2.56. The topological polar surface area (TPSA) is 66.9 Å². The summed E-state index contributed by atoms with van der Waals surface area (Å²) < 4.78 is 0. The second-order valence-electron chi connectivity index (χ2n) is 4.45. The number of hydrogen-bond donors (Lipinski definition) is 2. The lowest BCUT2D eigenvalue weighted by Crippen LogP contribution is -2.31. The van der Waals surface area contributed by atoms with Crippen LogP contribution in [0, 0.1) is 0 Å². The van der Waals surface area contributed by atoms with Gasteiger partial charge in [-0.25, -0.2) is 9.97 Å². The molecule has 5 heteroatoms. The van der Waals surface area contributed by atoms with Crippen molar-refractivity contribution in [1.82, 2.24) is 15.3 Å². The number of benzene rings is 1. The van der Waals surface area contributed by atoms with Crippen LogP contribution in [0.2, 0.25) is 0 Å². The Labute approximate surface area is 105 Å². The van der Waals surface area contributed by atoms with E-state index in [-0.39, 0.29) is 12.5 Å². The van der Waals surface area contributed by atoms with Crippen LogP contribution >= 0.6 is 0 Å². The van der Waals surface area contributed by atoms with Crippen molar-refractivity contribution in [2.75, 3.05) is 11.9 Å².